The second-order valence-electron chi connectivity index (χ2n) is 12.4. The molecule has 0 aliphatic carbocycles. The Labute approximate surface area is 287 Å². The molecule has 2 unspecified atom stereocenters. The van der Waals surface area contributed by atoms with Crippen molar-refractivity contribution in [3.8, 4) is 0 Å². The summed E-state index contributed by atoms with van der Waals surface area (Å²) in [6.07, 6.45) is 0. The normalized spacial score (nSPS) is 17.7. The van der Waals surface area contributed by atoms with Crippen molar-refractivity contribution in [2.45, 2.75) is 52.1 Å². The van der Waals surface area contributed by atoms with Crippen LogP contribution in [0.5, 0.6) is 0 Å². The fourth-order valence-corrected chi connectivity index (χ4v) is 7.07. The smallest absolute Gasteiger partial charge is 0.173 e. The summed E-state index contributed by atoms with van der Waals surface area (Å²) in [6, 6.07) is 32.2. The summed E-state index contributed by atoms with van der Waals surface area (Å²) in [5.74, 6) is 1.49. The lowest BCUT2D eigenvalue weighted by molar-refractivity contribution is 0.164. The second kappa shape index (κ2) is 14.2. The third-order valence-electron chi connectivity index (χ3n) is 8.82. The summed E-state index contributed by atoms with van der Waals surface area (Å²) in [5, 5.41) is 24.4. The van der Waals surface area contributed by atoms with E-state index in [4.69, 9.17) is 0 Å². The molecule has 6 aromatic rings. The molecule has 0 radical (unpaired) electrons. The third-order valence-corrected chi connectivity index (χ3v) is 9.32. The van der Waals surface area contributed by atoms with Crippen LogP contribution >= 0.6 is 15.9 Å². The lowest BCUT2D eigenvalue weighted by Gasteiger charge is -2.35. The van der Waals surface area contributed by atoms with Crippen LogP contribution in [0, 0.1) is 19.7 Å². The van der Waals surface area contributed by atoms with E-state index in [2.05, 4.69) is 143 Å². The van der Waals surface area contributed by atoms with Crippen LogP contribution in [-0.4, -0.2) is 63.3 Å². The van der Waals surface area contributed by atoms with Crippen LogP contribution in [0.3, 0.4) is 0 Å². The minimum Gasteiger partial charge on any atom is -0.284 e. The molecule has 0 fully saturated rings. The van der Waals surface area contributed by atoms with Gasteiger partial charge >= 0.3 is 0 Å². The average molecular weight is 708 g/mol. The number of rotatable bonds is 6. The van der Waals surface area contributed by atoms with Gasteiger partial charge in [-0.05, 0) is 81.2 Å². The number of aromatic nitrogens is 8. The highest BCUT2D eigenvalue weighted by Crippen LogP contribution is 2.33. The van der Waals surface area contributed by atoms with Gasteiger partial charge in [0.2, 0.25) is 0 Å². The summed E-state index contributed by atoms with van der Waals surface area (Å²) in [4.78, 5) is 4.79. The summed E-state index contributed by atoms with van der Waals surface area (Å²) >= 11 is 3.56. The zero-order valence-electron chi connectivity index (χ0n) is 26.9. The molecule has 8 rings (SSSR count). The van der Waals surface area contributed by atoms with E-state index in [1.165, 1.54) is 39.9 Å². The van der Waals surface area contributed by atoms with E-state index in [1.807, 2.05) is 21.5 Å². The third kappa shape index (κ3) is 7.10. The fraction of sp³-hybridized carbons (Fsp3) is 0.278. The predicted octanol–water partition coefficient (Wildman–Crippen LogP) is 6.08. The van der Waals surface area contributed by atoms with Crippen molar-refractivity contribution in [2.75, 3.05) is 13.1 Å². The van der Waals surface area contributed by atoms with Gasteiger partial charge in [0, 0.05) is 30.7 Å². The van der Waals surface area contributed by atoms with Gasteiger partial charge in [0.25, 0.3) is 0 Å². The zero-order chi connectivity index (χ0) is 33.0. The van der Waals surface area contributed by atoms with Crippen LogP contribution in [0.25, 0.3) is 0 Å². The molecule has 10 nitrogen and oxygen atoms in total. The molecule has 4 heterocycles. The van der Waals surface area contributed by atoms with Crippen LogP contribution in [-0.2, 0) is 26.2 Å². The minimum atomic E-state index is -0.237. The number of benzene rings is 4. The van der Waals surface area contributed by atoms with Crippen LogP contribution in [0.2, 0.25) is 0 Å². The first-order valence-electron chi connectivity index (χ1n) is 16.0. The molecule has 2 atom stereocenters. The van der Waals surface area contributed by atoms with E-state index >= 15 is 0 Å². The van der Waals surface area contributed by atoms with Gasteiger partial charge < -0.3 is 0 Å². The van der Waals surface area contributed by atoms with Crippen molar-refractivity contribution >= 4 is 15.9 Å². The molecule has 2 aromatic heterocycles. The monoisotopic (exact) mass is 706 g/mol. The molecular weight excluding hydrogens is 671 g/mol. The maximum atomic E-state index is 13.3. The Kier molecular flexibility index (Phi) is 9.46. The van der Waals surface area contributed by atoms with Crippen molar-refractivity contribution in [2.24, 2.45) is 0 Å². The van der Waals surface area contributed by atoms with E-state index in [1.54, 1.807) is 0 Å². The number of aryl methyl sites for hydroxylation is 2. The van der Waals surface area contributed by atoms with Gasteiger partial charge in [-0.1, -0.05) is 99.9 Å². The summed E-state index contributed by atoms with van der Waals surface area (Å²) in [5.41, 5.74) is 7.26. The van der Waals surface area contributed by atoms with Gasteiger partial charge in [-0.15, -0.1) is 10.2 Å². The highest BCUT2D eigenvalue weighted by Gasteiger charge is 2.33. The Balaban J connectivity index is 0.000000152. The summed E-state index contributed by atoms with van der Waals surface area (Å²) < 4.78 is 18.2. The van der Waals surface area contributed by atoms with Crippen LogP contribution in [0.1, 0.15) is 57.1 Å². The first-order chi connectivity index (χ1) is 23.4. The Hall–Kier alpha value is -4.65. The van der Waals surface area contributed by atoms with Gasteiger partial charge in [-0.25, -0.2) is 13.8 Å². The lowest BCUT2D eigenvalue weighted by Crippen LogP contribution is -2.39. The molecule has 2 aliphatic heterocycles. The first kappa shape index (κ1) is 31.9. The van der Waals surface area contributed by atoms with Crippen molar-refractivity contribution in [1.82, 2.24) is 50.2 Å². The van der Waals surface area contributed by atoms with Gasteiger partial charge in [-0.2, -0.15) is 0 Å². The van der Waals surface area contributed by atoms with E-state index in [0.29, 0.717) is 0 Å². The molecule has 48 heavy (non-hydrogen) atoms. The summed E-state index contributed by atoms with van der Waals surface area (Å²) in [7, 11) is 0. The number of tetrazole rings is 2. The van der Waals surface area contributed by atoms with Gasteiger partial charge in [0.05, 0.1) is 25.2 Å². The van der Waals surface area contributed by atoms with Gasteiger partial charge in [0.1, 0.15) is 5.82 Å². The molecule has 0 N–H and O–H groups in total. The van der Waals surface area contributed by atoms with E-state index in [9.17, 15) is 4.39 Å². The molecule has 12 heteroatoms. The fourth-order valence-electron chi connectivity index (χ4n) is 6.63. The van der Waals surface area contributed by atoms with Gasteiger partial charge in [0.15, 0.2) is 11.6 Å². The molecule has 244 valence electrons. The minimum absolute atomic E-state index is 0.0742. The molecule has 0 bridgehead atoms. The largest absolute Gasteiger partial charge is 0.284 e. The number of nitrogens with zero attached hydrogens (tertiary/aromatic N) is 10. The molecule has 0 saturated carbocycles. The number of hydrogen-bond acceptors (Lipinski definition) is 8. The zero-order valence-corrected chi connectivity index (χ0v) is 28.4. The lowest BCUT2D eigenvalue weighted by atomic mass is 10.00. The van der Waals surface area contributed by atoms with Crippen LogP contribution < -0.4 is 0 Å². The second-order valence-corrected chi connectivity index (χ2v) is 13.3. The molecule has 0 saturated heterocycles. The first-order valence-corrected chi connectivity index (χ1v) is 16.8. The highest BCUT2D eigenvalue weighted by molar-refractivity contribution is 9.10. The standard InChI is InChI=1S/C18H18BrN5.C18H18FN5/c1-13-4-2-6-15(10-13)17-18-20-21-22-24(18)9-8-23(17)12-14-5-3-7-16(19)11-14;1-13-3-2-4-14(11-13)12-23-9-10-24-18(20-21-22-24)17(23)15-5-7-16(19)8-6-15/h2-7,10-11,17H,8-9,12H2,1H3;2-8,11,17H,9-10,12H2,1H3. The summed E-state index contributed by atoms with van der Waals surface area (Å²) in [6.45, 7) is 9.22. The molecule has 0 spiro atoms. The maximum absolute atomic E-state index is 13.3. The highest BCUT2D eigenvalue weighted by atomic mass is 79.9. The Morgan fingerprint density at radius 3 is 1.75 bits per heavy atom. The van der Waals surface area contributed by atoms with Crippen molar-refractivity contribution in [3.63, 3.8) is 0 Å². The van der Waals surface area contributed by atoms with Crippen molar-refractivity contribution in [3.05, 3.63) is 152 Å². The SMILES string of the molecule is Cc1cccc(C2c3nnnn3CCN2Cc2cccc(Br)c2)c1.Cc1cccc(CN2CCn3nnnc3C2c2ccc(F)cc2)c1. The molecule has 0 amide bonds. The predicted molar refractivity (Wildman–Crippen MR) is 183 cm³/mol. The maximum Gasteiger partial charge on any atom is 0.173 e. The quantitative estimate of drug-likeness (QED) is 0.206. The number of halogens is 2. The van der Waals surface area contributed by atoms with Gasteiger partial charge in [-0.3, -0.25) is 9.80 Å². The Morgan fingerprint density at radius 1 is 0.625 bits per heavy atom. The van der Waals surface area contributed by atoms with E-state index in [0.717, 1.165) is 61.0 Å². The Morgan fingerprint density at radius 2 is 1.17 bits per heavy atom. The topological polar surface area (TPSA) is 93.7 Å². The average Bonchev–Trinajstić information content (AvgIpc) is 3.76. The van der Waals surface area contributed by atoms with E-state index < -0.39 is 0 Å². The van der Waals surface area contributed by atoms with E-state index in [-0.39, 0.29) is 17.9 Å². The number of fused-ring (bicyclic) bond motifs is 2. The van der Waals surface area contributed by atoms with Crippen LogP contribution in [0.15, 0.2) is 102 Å². The van der Waals surface area contributed by atoms with Crippen molar-refractivity contribution in [1.29, 1.82) is 0 Å². The Bertz CT molecular complexity index is 1990. The number of hydrogen-bond donors (Lipinski definition) is 0. The van der Waals surface area contributed by atoms with Crippen LogP contribution in [0.4, 0.5) is 4.39 Å². The van der Waals surface area contributed by atoms with Crippen molar-refractivity contribution < 1.29 is 4.39 Å². The molecule has 2 aliphatic rings. The molecular formula is C36H36BrFN10. The molecule has 4 aromatic carbocycles.